The molecule has 0 aliphatic heterocycles. The summed E-state index contributed by atoms with van der Waals surface area (Å²) in [4.78, 5) is 5.63. The predicted octanol–water partition coefficient (Wildman–Crippen LogP) is 3.23. The monoisotopic (exact) mass is 331 g/mol. The molecule has 0 saturated heterocycles. The van der Waals surface area contributed by atoms with E-state index >= 15 is 0 Å². The van der Waals surface area contributed by atoms with Crippen molar-refractivity contribution in [3.8, 4) is 0 Å². The third kappa shape index (κ3) is 6.42. The molecule has 1 atom stereocenters. The predicted molar refractivity (Wildman–Crippen MR) is 98.2 cm³/mol. The molecule has 1 aromatic carbocycles. The lowest BCUT2D eigenvalue weighted by atomic mass is 10.1. The quantitative estimate of drug-likeness (QED) is 0.443. The second kappa shape index (κ2) is 10.0. The van der Waals surface area contributed by atoms with Gasteiger partial charge in [0.2, 0.25) is 0 Å². The van der Waals surface area contributed by atoms with Crippen molar-refractivity contribution >= 4 is 17.3 Å². The van der Waals surface area contributed by atoms with Gasteiger partial charge in [-0.15, -0.1) is 11.3 Å². The van der Waals surface area contributed by atoms with Crippen LogP contribution in [0, 0.1) is 0 Å². The van der Waals surface area contributed by atoms with Gasteiger partial charge in [0.1, 0.15) is 0 Å². The van der Waals surface area contributed by atoms with Crippen LogP contribution in [-0.2, 0) is 11.3 Å². The largest absolute Gasteiger partial charge is 0.375 e. The van der Waals surface area contributed by atoms with Gasteiger partial charge in [0.05, 0.1) is 13.2 Å². The smallest absolute Gasteiger partial charge is 0.191 e. The molecule has 1 heterocycles. The zero-order valence-electron chi connectivity index (χ0n) is 13.8. The third-order valence-electron chi connectivity index (χ3n) is 3.48. The van der Waals surface area contributed by atoms with E-state index in [1.807, 2.05) is 18.2 Å². The molecule has 1 unspecified atom stereocenters. The Morgan fingerprint density at radius 1 is 1.17 bits per heavy atom. The van der Waals surface area contributed by atoms with Crippen LogP contribution in [0.25, 0.3) is 0 Å². The van der Waals surface area contributed by atoms with E-state index in [2.05, 4.69) is 52.2 Å². The van der Waals surface area contributed by atoms with Gasteiger partial charge < -0.3 is 15.4 Å². The minimum absolute atomic E-state index is 0.475. The molecule has 0 aliphatic rings. The van der Waals surface area contributed by atoms with Gasteiger partial charge in [0.25, 0.3) is 0 Å². The molecule has 2 rings (SSSR count). The molecule has 2 aromatic rings. The Kier molecular flexibility index (Phi) is 7.63. The van der Waals surface area contributed by atoms with E-state index in [1.165, 1.54) is 10.4 Å². The molecule has 0 bridgehead atoms. The molecule has 5 heteroatoms. The summed E-state index contributed by atoms with van der Waals surface area (Å²) in [5, 5.41) is 8.74. The molecule has 0 spiro atoms. The van der Waals surface area contributed by atoms with Crippen molar-refractivity contribution in [2.75, 3.05) is 26.7 Å². The maximum atomic E-state index is 5.66. The normalized spacial score (nSPS) is 12.9. The standard InChI is InChI=1S/C18H25N3OS/c1-15(17-9-6-12-23-17)13-21-18(19-2)20-10-11-22-14-16-7-4-3-5-8-16/h3-9,12,15H,10-11,13-14H2,1-2H3,(H2,19,20,21). The molecule has 0 aliphatic carbocycles. The van der Waals surface area contributed by atoms with Gasteiger partial charge in [-0.25, -0.2) is 0 Å². The van der Waals surface area contributed by atoms with Gasteiger partial charge in [-0.05, 0) is 17.0 Å². The first kappa shape index (κ1) is 17.5. The van der Waals surface area contributed by atoms with E-state index in [4.69, 9.17) is 4.74 Å². The number of ether oxygens (including phenoxy) is 1. The van der Waals surface area contributed by atoms with Gasteiger partial charge in [-0.2, -0.15) is 0 Å². The molecule has 0 fully saturated rings. The van der Waals surface area contributed by atoms with Gasteiger partial charge in [0.15, 0.2) is 5.96 Å². The summed E-state index contributed by atoms with van der Waals surface area (Å²) in [6.07, 6.45) is 0. The lowest BCUT2D eigenvalue weighted by molar-refractivity contribution is 0.125. The molecule has 124 valence electrons. The fraction of sp³-hybridized carbons (Fsp3) is 0.389. The SMILES string of the molecule is CN=C(NCCOCc1ccccc1)NCC(C)c1cccs1. The van der Waals surface area contributed by atoms with Crippen LogP contribution in [0.15, 0.2) is 52.8 Å². The van der Waals surface area contributed by atoms with Gasteiger partial charge in [-0.3, -0.25) is 4.99 Å². The van der Waals surface area contributed by atoms with Crippen LogP contribution in [0.5, 0.6) is 0 Å². The number of nitrogens with zero attached hydrogens (tertiary/aromatic N) is 1. The summed E-state index contributed by atoms with van der Waals surface area (Å²) in [5.74, 6) is 1.29. The highest BCUT2D eigenvalue weighted by Gasteiger charge is 2.07. The third-order valence-corrected chi connectivity index (χ3v) is 4.58. The van der Waals surface area contributed by atoms with E-state index in [-0.39, 0.29) is 0 Å². The zero-order valence-corrected chi connectivity index (χ0v) is 14.6. The number of hydrogen-bond acceptors (Lipinski definition) is 3. The molecular formula is C18H25N3OS. The molecule has 0 saturated carbocycles. The van der Waals surface area contributed by atoms with Gasteiger partial charge in [-0.1, -0.05) is 43.3 Å². The van der Waals surface area contributed by atoms with Crippen molar-refractivity contribution < 1.29 is 4.74 Å². The van der Waals surface area contributed by atoms with Crippen LogP contribution >= 0.6 is 11.3 Å². The Balaban J connectivity index is 1.60. The second-order valence-electron chi connectivity index (χ2n) is 5.33. The van der Waals surface area contributed by atoms with Gasteiger partial charge in [0, 0.05) is 30.9 Å². The maximum Gasteiger partial charge on any atom is 0.191 e. The average molecular weight is 331 g/mol. The minimum Gasteiger partial charge on any atom is -0.375 e. The van der Waals surface area contributed by atoms with Crippen molar-refractivity contribution in [2.45, 2.75) is 19.4 Å². The van der Waals surface area contributed by atoms with Crippen LogP contribution in [0.2, 0.25) is 0 Å². The molecule has 0 amide bonds. The van der Waals surface area contributed by atoms with Crippen LogP contribution in [0.1, 0.15) is 23.3 Å². The molecule has 2 N–H and O–H groups in total. The number of rotatable bonds is 8. The average Bonchev–Trinajstić information content (AvgIpc) is 3.12. The van der Waals surface area contributed by atoms with E-state index in [9.17, 15) is 0 Å². The summed E-state index contributed by atoms with van der Waals surface area (Å²) in [6.45, 7) is 5.11. The summed E-state index contributed by atoms with van der Waals surface area (Å²) < 4.78 is 5.66. The van der Waals surface area contributed by atoms with E-state index in [1.54, 1.807) is 18.4 Å². The van der Waals surface area contributed by atoms with Crippen LogP contribution in [0.4, 0.5) is 0 Å². The number of benzene rings is 1. The zero-order chi connectivity index (χ0) is 16.3. The maximum absolute atomic E-state index is 5.66. The summed E-state index contributed by atoms with van der Waals surface area (Å²) in [5.41, 5.74) is 1.19. The summed E-state index contributed by atoms with van der Waals surface area (Å²) >= 11 is 1.79. The fourth-order valence-corrected chi connectivity index (χ4v) is 2.94. The number of aliphatic imine (C=N–C) groups is 1. The summed E-state index contributed by atoms with van der Waals surface area (Å²) in [7, 11) is 1.79. The second-order valence-corrected chi connectivity index (χ2v) is 6.31. The molecule has 23 heavy (non-hydrogen) atoms. The number of guanidine groups is 1. The van der Waals surface area contributed by atoms with Crippen LogP contribution in [-0.4, -0.2) is 32.7 Å². The first-order valence-electron chi connectivity index (χ1n) is 7.89. The Labute approximate surface area is 142 Å². The van der Waals surface area contributed by atoms with Gasteiger partial charge >= 0.3 is 0 Å². The Morgan fingerprint density at radius 2 is 2.00 bits per heavy atom. The van der Waals surface area contributed by atoms with Crippen molar-refractivity contribution in [3.63, 3.8) is 0 Å². The minimum atomic E-state index is 0.475. The lowest BCUT2D eigenvalue weighted by Crippen LogP contribution is -2.40. The van der Waals surface area contributed by atoms with Crippen molar-refractivity contribution in [3.05, 3.63) is 58.3 Å². The first-order valence-corrected chi connectivity index (χ1v) is 8.77. The van der Waals surface area contributed by atoms with Crippen molar-refractivity contribution in [1.29, 1.82) is 0 Å². The number of thiophene rings is 1. The van der Waals surface area contributed by atoms with Crippen molar-refractivity contribution in [2.24, 2.45) is 4.99 Å². The Morgan fingerprint density at radius 3 is 2.70 bits per heavy atom. The van der Waals surface area contributed by atoms with Crippen LogP contribution < -0.4 is 10.6 Å². The Hall–Kier alpha value is -1.85. The highest BCUT2D eigenvalue weighted by molar-refractivity contribution is 7.10. The number of hydrogen-bond donors (Lipinski definition) is 2. The highest BCUT2D eigenvalue weighted by Crippen LogP contribution is 2.19. The van der Waals surface area contributed by atoms with E-state index < -0.39 is 0 Å². The first-order chi connectivity index (χ1) is 11.3. The summed E-state index contributed by atoms with van der Waals surface area (Å²) in [6, 6.07) is 14.5. The lowest BCUT2D eigenvalue weighted by Gasteiger charge is -2.15. The van der Waals surface area contributed by atoms with Crippen LogP contribution in [0.3, 0.4) is 0 Å². The number of nitrogens with one attached hydrogen (secondary N) is 2. The molecule has 1 aromatic heterocycles. The van der Waals surface area contributed by atoms with E-state index in [0.29, 0.717) is 19.1 Å². The molecule has 4 nitrogen and oxygen atoms in total. The highest BCUT2D eigenvalue weighted by atomic mass is 32.1. The van der Waals surface area contributed by atoms with E-state index in [0.717, 1.165) is 19.0 Å². The Bertz CT molecular complexity index is 569. The topological polar surface area (TPSA) is 45.7 Å². The molecule has 0 radical (unpaired) electrons. The molecular weight excluding hydrogens is 306 g/mol. The fourth-order valence-electron chi connectivity index (χ4n) is 2.15. The van der Waals surface area contributed by atoms with Crippen molar-refractivity contribution in [1.82, 2.24) is 10.6 Å².